The molecule has 13 heavy (non-hydrogen) atoms. The summed E-state index contributed by atoms with van der Waals surface area (Å²) in [6.07, 6.45) is 11.4. The second-order valence-corrected chi connectivity index (χ2v) is 5.69. The third-order valence-corrected chi connectivity index (χ3v) is 4.05. The zero-order chi connectivity index (χ0) is 9.95. The van der Waals surface area contributed by atoms with E-state index in [-0.39, 0.29) is 0 Å². The first-order valence-electron chi connectivity index (χ1n) is 5.61. The van der Waals surface area contributed by atoms with Crippen molar-refractivity contribution in [3.05, 3.63) is 12.2 Å². The molecule has 0 unspecified atom stereocenters. The molecule has 0 aliphatic heterocycles. The van der Waals surface area contributed by atoms with Crippen molar-refractivity contribution in [2.24, 2.45) is 10.8 Å². The van der Waals surface area contributed by atoms with Gasteiger partial charge in [0.2, 0.25) is 0 Å². The quantitative estimate of drug-likeness (QED) is 0.479. The van der Waals surface area contributed by atoms with Crippen LogP contribution in [-0.4, -0.2) is 0 Å². The second kappa shape index (κ2) is 3.86. The minimum Gasteiger partial charge on any atom is -0.0885 e. The smallest absolute Gasteiger partial charge is 0.0268 e. The molecule has 0 amide bonds. The summed E-state index contributed by atoms with van der Waals surface area (Å²) in [5.41, 5.74) is 0.940. The molecule has 0 N–H and O–H groups in total. The molecule has 0 fully saturated rings. The summed E-state index contributed by atoms with van der Waals surface area (Å²) < 4.78 is 0. The SMILES string of the molecule is CC1(C)CC=CCCCCC1(C)C. The molecule has 0 saturated carbocycles. The number of hydrogen-bond acceptors (Lipinski definition) is 0. The van der Waals surface area contributed by atoms with Crippen LogP contribution in [0.25, 0.3) is 0 Å². The van der Waals surface area contributed by atoms with Gasteiger partial charge in [0.05, 0.1) is 0 Å². The Balaban J connectivity index is 2.75. The minimum atomic E-state index is 0.452. The average molecular weight is 180 g/mol. The van der Waals surface area contributed by atoms with E-state index in [9.17, 15) is 0 Å². The van der Waals surface area contributed by atoms with Gasteiger partial charge in [-0.25, -0.2) is 0 Å². The fraction of sp³-hybridized carbons (Fsp3) is 0.846. The minimum absolute atomic E-state index is 0.452. The predicted octanol–water partition coefficient (Wildman–Crippen LogP) is 4.56. The molecule has 1 aliphatic rings. The van der Waals surface area contributed by atoms with Gasteiger partial charge in [-0.3, -0.25) is 0 Å². The molecule has 0 aromatic heterocycles. The first-order valence-corrected chi connectivity index (χ1v) is 5.61. The molecule has 0 aromatic rings. The monoisotopic (exact) mass is 180 g/mol. The van der Waals surface area contributed by atoms with Crippen LogP contribution in [0.3, 0.4) is 0 Å². The lowest BCUT2D eigenvalue weighted by Gasteiger charge is -2.41. The summed E-state index contributed by atoms with van der Waals surface area (Å²) in [5.74, 6) is 0. The number of allylic oxidation sites excluding steroid dienone is 2. The Labute approximate surface area is 83.4 Å². The molecule has 76 valence electrons. The lowest BCUT2D eigenvalue weighted by Crippen LogP contribution is -2.31. The van der Waals surface area contributed by atoms with Gasteiger partial charge in [0, 0.05) is 0 Å². The van der Waals surface area contributed by atoms with Gasteiger partial charge < -0.3 is 0 Å². The highest BCUT2D eigenvalue weighted by atomic mass is 14.4. The van der Waals surface area contributed by atoms with E-state index in [1.54, 1.807) is 0 Å². The van der Waals surface area contributed by atoms with E-state index in [2.05, 4.69) is 39.8 Å². The van der Waals surface area contributed by atoms with Crippen molar-refractivity contribution in [2.75, 3.05) is 0 Å². The summed E-state index contributed by atoms with van der Waals surface area (Å²) in [4.78, 5) is 0. The zero-order valence-corrected chi connectivity index (χ0v) is 9.69. The maximum absolute atomic E-state index is 2.42. The van der Waals surface area contributed by atoms with E-state index in [0.29, 0.717) is 10.8 Å². The molecule has 1 rings (SSSR count). The Morgan fingerprint density at radius 1 is 0.846 bits per heavy atom. The molecule has 0 nitrogen and oxygen atoms in total. The van der Waals surface area contributed by atoms with Gasteiger partial charge in [-0.2, -0.15) is 0 Å². The Morgan fingerprint density at radius 3 is 2.23 bits per heavy atom. The molecule has 0 bridgehead atoms. The van der Waals surface area contributed by atoms with Crippen LogP contribution in [0.4, 0.5) is 0 Å². The van der Waals surface area contributed by atoms with Gasteiger partial charge in [0.15, 0.2) is 0 Å². The van der Waals surface area contributed by atoms with E-state index < -0.39 is 0 Å². The summed E-state index contributed by atoms with van der Waals surface area (Å²) >= 11 is 0. The largest absolute Gasteiger partial charge is 0.0885 e. The third-order valence-electron chi connectivity index (χ3n) is 4.05. The van der Waals surface area contributed by atoms with Crippen molar-refractivity contribution in [1.29, 1.82) is 0 Å². The van der Waals surface area contributed by atoms with Gasteiger partial charge in [0.25, 0.3) is 0 Å². The van der Waals surface area contributed by atoms with Crippen LogP contribution in [-0.2, 0) is 0 Å². The average Bonchev–Trinajstić information content (AvgIpc) is 2.05. The molecule has 0 aromatic carbocycles. The van der Waals surface area contributed by atoms with Crippen LogP contribution in [0, 0.1) is 10.8 Å². The van der Waals surface area contributed by atoms with Crippen LogP contribution in [0.2, 0.25) is 0 Å². The Kier molecular flexibility index (Phi) is 3.21. The number of hydrogen-bond donors (Lipinski definition) is 0. The van der Waals surface area contributed by atoms with Crippen molar-refractivity contribution in [3.8, 4) is 0 Å². The third kappa shape index (κ3) is 2.59. The van der Waals surface area contributed by atoms with Crippen LogP contribution in [0.15, 0.2) is 12.2 Å². The summed E-state index contributed by atoms with van der Waals surface area (Å²) in [6.45, 7) is 9.66. The number of rotatable bonds is 0. The molecular formula is C13H24. The molecule has 1 aliphatic carbocycles. The van der Waals surface area contributed by atoms with Crippen molar-refractivity contribution in [3.63, 3.8) is 0 Å². The van der Waals surface area contributed by atoms with E-state index in [0.717, 1.165) is 0 Å². The highest BCUT2D eigenvalue weighted by Crippen LogP contribution is 2.45. The Bertz CT molecular complexity index is 184. The molecule has 0 heteroatoms. The van der Waals surface area contributed by atoms with Crippen molar-refractivity contribution in [1.82, 2.24) is 0 Å². The molecule has 0 heterocycles. The van der Waals surface area contributed by atoms with Crippen molar-refractivity contribution >= 4 is 0 Å². The zero-order valence-electron chi connectivity index (χ0n) is 9.69. The van der Waals surface area contributed by atoms with Gasteiger partial charge in [-0.1, -0.05) is 46.3 Å². The van der Waals surface area contributed by atoms with Gasteiger partial charge in [0.1, 0.15) is 0 Å². The van der Waals surface area contributed by atoms with Crippen LogP contribution >= 0.6 is 0 Å². The van der Waals surface area contributed by atoms with Crippen molar-refractivity contribution in [2.45, 2.75) is 59.8 Å². The lowest BCUT2D eigenvalue weighted by molar-refractivity contribution is 0.0993. The first kappa shape index (κ1) is 10.8. The first-order chi connectivity index (χ1) is 5.96. The highest BCUT2D eigenvalue weighted by Gasteiger charge is 2.35. The molecule has 0 radical (unpaired) electrons. The summed E-state index contributed by atoms with van der Waals surface area (Å²) in [5, 5.41) is 0. The summed E-state index contributed by atoms with van der Waals surface area (Å²) in [7, 11) is 0. The Morgan fingerprint density at radius 2 is 1.54 bits per heavy atom. The maximum Gasteiger partial charge on any atom is -0.0268 e. The molecule has 0 spiro atoms. The maximum atomic E-state index is 2.42. The van der Waals surface area contributed by atoms with Crippen molar-refractivity contribution < 1.29 is 0 Å². The highest BCUT2D eigenvalue weighted by molar-refractivity contribution is 4.95. The fourth-order valence-electron chi connectivity index (χ4n) is 1.94. The topological polar surface area (TPSA) is 0 Å². The van der Waals surface area contributed by atoms with E-state index >= 15 is 0 Å². The van der Waals surface area contributed by atoms with Gasteiger partial charge in [-0.05, 0) is 36.5 Å². The van der Waals surface area contributed by atoms with E-state index in [1.807, 2.05) is 0 Å². The van der Waals surface area contributed by atoms with E-state index in [4.69, 9.17) is 0 Å². The van der Waals surface area contributed by atoms with Gasteiger partial charge in [-0.15, -0.1) is 0 Å². The predicted molar refractivity (Wildman–Crippen MR) is 59.8 cm³/mol. The standard InChI is InChI=1S/C13H24/c1-12(2)10-8-6-5-7-9-11-13(12,3)4/h6,8H,5,7,9-11H2,1-4H3. The molecular weight excluding hydrogens is 156 g/mol. The fourth-order valence-corrected chi connectivity index (χ4v) is 1.94. The van der Waals surface area contributed by atoms with Crippen LogP contribution in [0.1, 0.15) is 59.8 Å². The lowest BCUT2D eigenvalue weighted by atomic mass is 9.64. The normalized spacial score (nSPS) is 27.4. The van der Waals surface area contributed by atoms with E-state index in [1.165, 1.54) is 32.1 Å². The molecule has 0 saturated heterocycles. The van der Waals surface area contributed by atoms with Gasteiger partial charge >= 0.3 is 0 Å². The Hall–Kier alpha value is -0.260. The van der Waals surface area contributed by atoms with Crippen LogP contribution < -0.4 is 0 Å². The summed E-state index contributed by atoms with van der Waals surface area (Å²) in [6, 6.07) is 0. The van der Waals surface area contributed by atoms with Crippen LogP contribution in [0.5, 0.6) is 0 Å². The molecule has 0 atom stereocenters. The second-order valence-electron chi connectivity index (χ2n) is 5.69.